The average molecular weight is 187 g/mol. The Balaban J connectivity index is 4.33. The van der Waals surface area contributed by atoms with Crippen LogP contribution in [0, 0.1) is 5.92 Å². The molecule has 1 unspecified atom stereocenters. The van der Waals surface area contributed by atoms with Crippen molar-refractivity contribution < 1.29 is 9.59 Å². The summed E-state index contributed by atoms with van der Waals surface area (Å²) in [5.74, 6) is 3.75. The van der Waals surface area contributed by atoms with Crippen LogP contribution >= 0.6 is 0 Å². The van der Waals surface area contributed by atoms with Crippen LogP contribution in [-0.4, -0.2) is 29.8 Å². The fourth-order valence-electron chi connectivity index (χ4n) is 0.854. The van der Waals surface area contributed by atoms with Gasteiger partial charge in [-0.1, -0.05) is 13.8 Å². The second-order valence-corrected chi connectivity index (χ2v) is 3.37. The van der Waals surface area contributed by atoms with Crippen LogP contribution in [0.4, 0.5) is 0 Å². The summed E-state index contributed by atoms with van der Waals surface area (Å²) in [6.45, 7) is 5.84. The van der Waals surface area contributed by atoms with E-state index in [1.54, 1.807) is 7.05 Å². The van der Waals surface area contributed by atoms with Crippen LogP contribution in [0.1, 0.15) is 20.8 Å². The summed E-state index contributed by atoms with van der Waals surface area (Å²) in [6.07, 6.45) is 0. The number of nitrogens with two attached hydrogens (primary N) is 1. The molecule has 3 N–H and O–H groups in total. The van der Waals surface area contributed by atoms with Crippen molar-refractivity contribution in [2.45, 2.75) is 26.8 Å². The Hall–Kier alpha value is -1.10. The maximum Gasteiger partial charge on any atom is 0.323 e. The van der Waals surface area contributed by atoms with Gasteiger partial charge in [0.05, 0.1) is 0 Å². The van der Waals surface area contributed by atoms with Gasteiger partial charge in [-0.25, -0.2) is 5.84 Å². The third-order valence-electron chi connectivity index (χ3n) is 2.22. The molecule has 0 aromatic heterocycles. The zero-order valence-corrected chi connectivity index (χ0v) is 8.50. The van der Waals surface area contributed by atoms with Crippen molar-refractivity contribution in [1.29, 1.82) is 0 Å². The molecule has 0 aliphatic heterocycles. The SMILES string of the molecule is CC(C)C(C)N(C)C(=O)C(=O)NN. The number of amides is 2. The number of carbonyl (C=O) groups excluding carboxylic acids is 2. The van der Waals surface area contributed by atoms with Gasteiger partial charge < -0.3 is 4.90 Å². The van der Waals surface area contributed by atoms with Gasteiger partial charge in [0, 0.05) is 13.1 Å². The van der Waals surface area contributed by atoms with Crippen molar-refractivity contribution in [2.24, 2.45) is 11.8 Å². The minimum absolute atomic E-state index is 0.0183. The summed E-state index contributed by atoms with van der Waals surface area (Å²) in [5, 5.41) is 0. The smallest absolute Gasteiger partial charge is 0.323 e. The molecule has 1 atom stereocenters. The molecule has 0 radical (unpaired) electrons. The number of hydrazine groups is 1. The highest BCUT2D eigenvalue weighted by Crippen LogP contribution is 2.07. The highest BCUT2D eigenvalue weighted by molar-refractivity contribution is 6.34. The molecule has 0 aliphatic carbocycles. The normalized spacial score (nSPS) is 12.5. The summed E-state index contributed by atoms with van der Waals surface area (Å²) in [4.78, 5) is 23.5. The van der Waals surface area contributed by atoms with Crippen LogP contribution in [-0.2, 0) is 9.59 Å². The van der Waals surface area contributed by atoms with Gasteiger partial charge in [-0.05, 0) is 12.8 Å². The second kappa shape index (κ2) is 4.81. The number of likely N-dealkylation sites (N-methyl/N-ethyl adjacent to an activating group) is 1. The van der Waals surface area contributed by atoms with E-state index in [1.165, 1.54) is 4.90 Å². The number of nitrogens with zero attached hydrogens (tertiary/aromatic N) is 1. The van der Waals surface area contributed by atoms with Crippen LogP contribution in [0.25, 0.3) is 0 Å². The second-order valence-electron chi connectivity index (χ2n) is 3.37. The minimum Gasteiger partial charge on any atom is -0.335 e. The molecule has 0 spiro atoms. The molecule has 76 valence electrons. The molecule has 0 heterocycles. The predicted octanol–water partition coefficient (Wildman–Crippen LogP) is -0.521. The standard InChI is InChI=1S/C8H17N3O2/c1-5(2)6(3)11(4)8(13)7(12)10-9/h5-6H,9H2,1-4H3,(H,10,12). The van der Waals surface area contributed by atoms with Gasteiger partial charge in [-0.3, -0.25) is 15.0 Å². The summed E-state index contributed by atoms with van der Waals surface area (Å²) in [6, 6.07) is 0.0183. The molecule has 0 aromatic rings. The molecule has 0 rings (SSSR count). The zero-order chi connectivity index (χ0) is 10.6. The minimum atomic E-state index is -0.782. The van der Waals surface area contributed by atoms with Gasteiger partial charge in [0.15, 0.2) is 0 Å². The third-order valence-corrected chi connectivity index (χ3v) is 2.22. The average Bonchev–Trinajstić information content (AvgIpc) is 2.12. The van der Waals surface area contributed by atoms with Crippen molar-refractivity contribution in [2.75, 3.05) is 7.05 Å². The fraction of sp³-hybridized carbons (Fsp3) is 0.750. The van der Waals surface area contributed by atoms with E-state index in [0.717, 1.165) is 0 Å². The van der Waals surface area contributed by atoms with Gasteiger partial charge in [0.1, 0.15) is 0 Å². The van der Waals surface area contributed by atoms with Crippen molar-refractivity contribution in [1.82, 2.24) is 10.3 Å². The molecule has 2 amide bonds. The Bertz CT molecular complexity index is 204. The van der Waals surface area contributed by atoms with Crippen LogP contribution in [0.3, 0.4) is 0 Å². The van der Waals surface area contributed by atoms with E-state index in [1.807, 2.05) is 26.2 Å². The summed E-state index contributed by atoms with van der Waals surface area (Å²) in [7, 11) is 1.59. The summed E-state index contributed by atoms with van der Waals surface area (Å²) in [5.41, 5.74) is 1.81. The molecule has 0 saturated carbocycles. The Kier molecular flexibility index (Phi) is 4.40. The van der Waals surface area contributed by atoms with Gasteiger partial charge in [0.2, 0.25) is 0 Å². The van der Waals surface area contributed by atoms with E-state index in [0.29, 0.717) is 5.92 Å². The van der Waals surface area contributed by atoms with Crippen LogP contribution in [0.5, 0.6) is 0 Å². The molecule has 13 heavy (non-hydrogen) atoms. The number of hydrogen-bond acceptors (Lipinski definition) is 3. The lowest BCUT2D eigenvalue weighted by Crippen LogP contribution is -2.48. The summed E-state index contributed by atoms with van der Waals surface area (Å²) >= 11 is 0. The van der Waals surface area contributed by atoms with Crippen LogP contribution in [0.15, 0.2) is 0 Å². The molecule has 0 aliphatic rings. The Morgan fingerprint density at radius 3 is 2.08 bits per heavy atom. The lowest BCUT2D eigenvalue weighted by Gasteiger charge is -2.26. The molecule has 5 heteroatoms. The van der Waals surface area contributed by atoms with Crippen molar-refractivity contribution in [3.63, 3.8) is 0 Å². The topological polar surface area (TPSA) is 75.4 Å². The number of rotatable bonds is 2. The van der Waals surface area contributed by atoms with E-state index in [4.69, 9.17) is 5.84 Å². The first-order valence-corrected chi connectivity index (χ1v) is 4.19. The number of carbonyl (C=O) groups is 2. The molecular formula is C8H17N3O2. The first kappa shape index (κ1) is 11.9. The number of hydrogen-bond donors (Lipinski definition) is 2. The first-order chi connectivity index (χ1) is 5.91. The monoisotopic (exact) mass is 187 g/mol. The zero-order valence-electron chi connectivity index (χ0n) is 8.50. The van der Waals surface area contributed by atoms with E-state index >= 15 is 0 Å². The molecule has 0 saturated heterocycles. The fourth-order valence-corrected chi connectivity index (χ4v) is 0.854. The van der Waals surface area contributed by atoms with Crippen molar-refractivity contribution in [3.05, 3.63) is 0 Å². The largest absolute Gasteiger partial charge is 0.335 e. The lowest BCUT2D eigenvalue weighted by atomic mass is 10.1. The maximum absolute atomic E-state index is 11.3. The Labute approximate surface area is 78.2 Å². The third kappa shape index (κ3) is 3.02. The summed E-state index contributed by atoms with van der Waals surface area (Å²) < 4.78 is 0. The highest BCUT2D eigenvalue weighted by Gasteiger charge is 2.23. The van der Waals surface area contributed by atoms with Gasteiger partial charge >= 0.3 is 11.8 Å². The Morgan fingerprint density at radius 2 is 1.77 bits per heavy atom. The molecule has 0 aromatic carbocycles. The van der Waals surface area contributed by atoms with Crippen molar-refractivity contribution in [3.8, 4) is 0 Å². The first-order valence-electron chi connectivity index (χ1n) is 4.19. The van der Waals surface area contributed by atoms with E-state index in [2.05, 4.69) is 0 Å². The van der Waals surface area contributed by atoms with E-state index < -0.39 is 11.8 Å². The van der Waals surface area contributed by atoms with E-state index in [-0.39, 0.29) is 6.04 Å². The van der Waals surface area contributed by atoms with Crippen LogP contribution in [0.2, 0.25) is 0 Å². The number of nitrogens with one attached hydrogen (secondary N) is 1. The quantitative estimate of drug-likeness (QED) is 0.264. The molecule has 0 bridgehead atoms. The van der Waals surface area contributed by atoms with Gasteiger partial charge in [-0.15, -0.1) is 0 Å². The van der Waals surface area contributed by atoms with Gasteiger partial charge in [0.25, 0.3) is 0 Å². The van der Waals surface area contributed by atoms with E-state index in [9.17, 15) is 9.59 Å². The molecule has 0 fully saturated rings. The molecular weight excluding hydrogens is 170 g/mol. The maximum atomic E-state index is 11.3. The highest BCUT2D eigenvalue weighted by atomic mass is 16.2. The van der Waals surface area contributed by atoms with Gasteiger partial charge in [-0.2, -0.15) is 0 Å². The van der Waals surface area contributed by atoms with Crippen LogP contribution < -0.4 is 11.3 Å². The lowest BCUT2D eigenvalue weighted by molar-refractivity contribution is -0.146. The predicted molar refractivity (Wildman–Crippen MR) is 49.4 cm³/mol. The Morgan fingerprint density at radius 1 is 1.31 bits per heavy atom. The molecule has 5 nitrogen and oxygen atoms in total. The van der Waals surface area contributed by atoms with Crippen molar-refractivity contribution >= 4 is 11.8 Å².